The van der Waals surface area contributed by atoms with Crippen LogP contribution < -0.4 is 5.32 Å². The maximum absolute atomic E-state index is 12.8. The molecule has 2 aromatic carbocycles. The first-order valence-electron chi connectivity index (χ1n) is 12.5. The van der Waals surface area contributed by atoms with Gasteiger partial charge in [0.25, 0.3) is 0 Å². The van der Waals surface area contributed by atoms with E-state index in [1.54, 1.807) is 28.7 Å². The van der Waals surface area contributed by atoms with E-state index < -0.39 is 15.9 Å². The zero-order valence-electron chi connectivity index (χ0n) is 20.4. The number of piperidine rings is 1. The molecule has 5 rings (SSSR count). The number of aryl methyl sites for hydroxylation is 1. The van der Waals surface area contributed by atoms with E-state index in [9.17, 15) is 13.7 Å². The van der Waals surface area contributed by atoms with Crippen molar-refractivity contribution >= 4 is 27.1 Å². The molecule has 1 fully saturated rings. The number of sulfonamides is 1. The summed E-state index contributed by atoms with van der Waals surface area (Å²) in [7, 11) is -3.41. The summed E-state index contributed by atoms with van der Waals surface area (Å²) >= 11 is 0. The molecule has 4 aromatic rings. The van der Waals surface area contributed by atoms with Crippen molar-refractivity contribution in [1.82, 2.24) is 19.3 Å². The van der Waals surface area contributed by atoms with Gasteiger partial charge in [0.1, 0.15) is 5.52 Å². The first-order valence-corrected chi connectivity index (χ1v) is 13.9. The van der Waals surface area contributed by atoms with Gasteiger partial charge in [-0.15, -0.1) is 0 Å². The molecule has 0 bridgehead atoms. The number of fused-ring (bicyclic) bond motifs is 1. The standard InChI is InChI=1S/C27H28N6O3S/c28-19-22(26-31-24-8-2-3-9-25(24)36-26)23-14-16-30-27(32-23)29-15-6-7-20-10-12-21(13-11-20)37(34,35)33-17-4-1-5-18-33/h2-3,8-14,16,22H,1,4-7,15,17-18H2,(H,29,30,32). The number of aromatic nitrogens is 3. The van der Waals surface area contributed by atoms with Crippen LogP contribution in [0.4, 0.5) is 5.95 Å². The Labute approximate surface area is 216 Å². The number of nitrogens with zero attached hydrogens (tertiary/aromatic N) is 5. The van der Waals surface area contributed by atoms with Gasteiger partial charge in [0.05, 0.1) is 16.7 Å². The van der Waals surface area contributed by atoms with Gasteiger partial charge in [-0.1, -0.05) is 30.7 Å². The molecule has 3 heterocycles. The number of benzene rings is 2. The van der Waals surface area contributed by atoms with Gasteiger partial charge in [-0.3, -0.25) is 0 Å². The highest BCUT2D eigenvalue weighted by molar-refractivity contribution is 7.89. The van der Waals surface area contributed by atoms with E-state index in [0.29, 0.717) is 53.2 Å². The minimum atomic E-state index is -3.41. The number of hydrogen-bond donors (Lipinski definition) is 1. The van der Waals surface area contributed by atoms with Crippen molar-refractivity contribution in [1.29, 1.82) is 5.26 Å². The average Bonchev–Trinajstić information content (AvgIpc) is 3.36. The van der Waals surface area contributed by atoms with Crippen molar-refractivity contribution in [2.45, 2.75) is 42.9 Å². The summed E-state index contributed by atoms with van der Waals surface area (Å²) in [6.45, 7) is 1.82. The van der Waals surface area contributed by atoms with E-state index in [2.05, 4.69) is 26.3 Å². The number of nitrogens with one attached hydrogen (secondary N) is 1. The van der Waals surface area contributed by atoms with Crippen molar-refractivity contribution in [3.63, 3.8) is 0 Å². The van der Waals surface area contributed by atoms with Gasteiger partial charge in [-0.2, -0.15) is 9.57 Å². The third-order valence-electron chi connectivity index (χ3n) is 6.46. The molecule has 0 radical (unpaired) electrons. The lowest BCUT2D eigenvalue weighted by molar-refractivity contribution is 0.346. The summed E-state index contributed by atoms with van der Waals surface area (Å²) in [6, 6.07) is 18.5. The molecule has 9 nitrogen and oxygen atoms in total. The Morgan fingerprint density at radius 2 is 1.81 bits per heavy atom. The predicted octanol–water partition coefficient (Wildman–Crippen LogP) is 4.49. The summed E-state index contributed by atoms with van der Waals surface area (Å²) in [5.74, 6) is -0.00777. The largest absolute Gasteiger partial charge is 0.439 e. The Morgan fingerprint density at radius 1 is 1.03 bits per heavy atom. The molecular formula is C27H28N6O3S. The lowest BCUT2D eigenvalue weighted by Gasteiger charge is -2.25. The van der Waals surface area contributed by atoms with Gasteiger partial charge in [0, 0.05) is 25.8 Å². The van der Waals surface area contributed by atoms with Crippen LogP contribution in [0.2, 0.25) is 0 Å². The molecule has 10 heteroatoms. The van der Waals surface area contributed by atoms with Crippen LogP contribution in [-0.2, 0) is 16.4 Å². The molecule has 0 saturated carbocycles. The Hall–Kier alpha value is -3.81. The lowest BCUT2D eigenvalue weighted by Crippen LogP contribution is -2.35. The SMILES string of the molecule is N#CC(c1ccnc(NCCCc2ccc(S(=O)(=O)N3CCCCC3)cc2)n1)c1nc2ccccc2o1. The number of para-hydroxylation sites is 2. The molecular weight excluding hydrogens is 488 g/mol. The predicted molar refractivity (Wildman–Crippen MR) is 139 cm³/mol. The smallest absolute Gasteiger partial charge is 0.243 e. The van der Waals surface area contributed by atoms with Gasteiger partial charge in [0.2, 0.25) is 21.9 Å². The second kappa shape index (κ2) is 11.1. The highest BCUT2D eigenvalue weighted by atomic mass is 32.2. The molecule has 0 aliphatic carbocycles. The summed E-state index contributed by atoms with van der Waals surface area (Å²) in [4.78, 5) is 13.6. The normalized spacial score (nSPS) is 15.3. The van der Waals surface area contributed by atoms with Crippen LogP contribution in [0.25, 0.3) is 11.1 Å². The van der Waals surface area contributed by atoms with E-state index >= 15 is 0 Å². The van der Waals surface area contributed by atoms with Crippen LogP contribution in [0.5, 0.6) is 0 Å². The number of anilines is 1. The Kier molecular flexibility index (Phi) is 7.44. The van der Waals surface area contributed by atoms with Crippen LogP contribution in [0.3, 0.4) is 0 Å². The van der Waals surface area contributed by atoms with Crippen LogP contribution in [-0.4, -0.2) is 47.3 Å². The van der Waals surface area contributed by atoms with E-state index in [1.807, 2.05) is 36.4 Å². The minimum Gasteiger partial charge on any atom is -0.439 e. The molecule has 0 amide bonds. The maximum atomic E-state index is 12.8. The van der Waals surface area contributed by atoms with E-state index in [1.165, 1.54) is 0 Å². The van der Waals surface area contributed by atoms with E-state index in [4.69, 9.17) is 4.42 Å². The van der Waals surface area contributed by atoms with E-state index in [0.717, 1.165) is 37.7 Å². The fourth-order valence-electron chi connectivity index (χ4n) is 4.46. The maximum Gasteiger partial charge on any atom is 0.243 e. The van der Waals surface area contributed by atoms with Gasteiger partial charge < -0.3 is 9.73 Å². The van der Waals surface area contributed by atoms with Gasteiger partial charge in [0.15, 0.2) is 11.5 Å². The number of nitriles is 1. The highest BCUT2D eigenvalue weighted by Gasteiger charge is 2.25. The fourth-order valence-corrected chi connectivity index (χ4v) is 5.97. The third kappa shape index (κ3) is 5.63. The summed E-state index contributed by atoms with van der Waals surface area (Å²) in [5, 5.41) is 13.0. The number of hydrogen-bond acceptors (Lipinski definition) is 8. The summed E-state index contributed by atoms with van der Waals surface area (Å²) in [6.07, 6.45) is 6.12. The molecule has 1 saturated heterocycles. The molecule has 1 aliphatic rings. The molecule has 1 atom stereocenters. The minimum absolute atomic E-state index is 0.305. The molecule has 1 N–H and O–H groups in total. The lowest BCUT2D eigenvalue weighted by atomic mass is 10.1. The van der Waals surface area contributed by atoms with E-state index in [-0.39, 0.29) is 0 Å². The van der Waals surface area contributed by atoms with Crippen molar-refractivity contribution in [3.05, 3.63) is 77.9 Å². The van der Waals surface area contributed by atoms with Crippen molar-refractivity contribution < 1.29 is 12.8 Å². The van der Waals surface area contributed by atoms with Crippen molar-refractivity contribution in [2.75, 3.05) is 25.0 Å². The molecule has 37 heavy (non-hydrogen) atoms. The number of rotatable bonds is 9. The van der Waals surface area contributed by atoms with Gasteiger partial charge in [-0.05, 0) is 61.6 Å². The zero-order chi connectivity index (χ0) is 25.7. The van der Waals surface area contributed by atoms with Crippen molar-refractivity contribution in [2.24, 2.45) is 0 Å². The van der Waals surface area contributed by atoms with Crippen LogP contribution in [0, 0.1) is 11.3 Å². The van der Waals surface area contributed by atoms with Crippen LogP contribution >= 0.6 is 0 Å². The third-order valence-corrected chi connectivity index (χ3v) is 8.37. The quantitative estimate of drug-likeness (QED) is 0.323. The topological polar surface area (TPSA) is 125 Å². The monoisotopic (exact) mass is 516 g/mol. The second-order valence-electron chi connectivity index (χ2n) is 9.03. The highest BCUT2D eigenvalue weighted by Crippen LogP contribution is 2.26. The first-order chi connectivity index (χ1) is 18.0. The second-order valence-corrected chi connectivity index (χ2v) is 11.0. The molecule has 0 spiro atoms. The molecule has 190 valence electrons. The van der Waals surface area contributed by atoms with Gasteiger partial charge >= 0.3 is 0 Å². The summed E-state index contributed by atoms with van der Waals surface area (Å²) in [5.41, 5.74) is 2.90. The summed E-state index contributed by atoms with van der Waals surface area (Å²) < 4.78 is 33.0. The Bertz CT molecular complexity index is 1470. The van der Waals surface area contributed by atoms with Crippen LogP contribution in [0.15, 0.2) is 70.1 Å². The number of oxazole rings is 1. The fraction of sp³-hybridized carbons (Fsp3) is 0.333. The molecule has 2 aromatic heterocycles. The Balaban J connectivity index is 1.16. The average molecular weight is 517 g/mol. The van der Waals surface area contributed by atoms with Crippen molar-refractivity contribution in [3.8, 4) is 6.07 Å². The van der Waals surface area contributed by atoms with Gasteiger partial charge in [-0.25, -0.2) is 23.4 Å². The first kappa shape index (κ1) is 24.9. The molecule has 1 unspecified atom stereocenters. The zero-order valence-corrected chi connectivity index (χ0v) is 21.2. The van der Waals surface area contributed by atoms with Crippen LogP contribution in [0.1, 0.15) is 48.7 Å². The molecule has 1 aliphatic heterocycles. The Morgan fingerprint density at radius 3 is 2.57 bits per heavy atom.